The van der Waals surface area contributed by atoms with E-state index in [1.165, 1.54) is 6.07 Å². The van der Waals surface area contributed by atoms with Crippen LogP contribution in [0, 0.1) is 13.8 Å². The lowest BCUT2D eigenvalue weighted by atomic mass is 10.2. The molecule has 0 unspecified atom stereocenters. The molecule has 0 radical (unpaired) electrons. The highest BCUT2D eigenvalue weighted by Gasteiger charge is 2.32. The Morgan fingerprint density at radius 2 is 1.90 bits per heavy atom. The number of aromatic nitrogens is 5. The monoisotopic (exact) mass is 416 g/mol. The second-order valence-corrected chi connectivity index (χ2v) is 6.90. The lowest BCUT2D eigenvalue weighted by Crippen LogP contribution is -2.15. The number of carbonyl (C=O) groups is 1. The topological polar surface area (TPSA) is 77.1 Å². The Labute approximate surface area is 169 Å². The average molecular weight is 417 g/mol. The lowest BCUT2D eigenvalue weighted by Gasteiger charge is -2.10. The zero-order chi connectivity index (χ0) is 20.8. The van der Waals surface area contributed by atoms with Crippen molar-refractivity contribution >= 4 is 28.8 Å². The van der Waals surface area contributed by atoms with Crippen LogP contribution in [-0.2, 0) is 5.38 Å². The number of aryl methyl sites for hydroxylation is 2. The van der Waals surface area contributed by atoms with E-state index in [1.54, 1.807) is 25.3 Å². The van der Waals surface area contributed by atoms with E-state index in [-0.39, 0.29) is 11.3 Å². The Bertz CT molecular complexity index is 1210. The first-order valence-corrected chi connectivity index (χ1v) is 8.96. The highest BCUT2D eigenvalue weighted by molar-refractivity contribution is 6.21. The zero-order valence-electron chi connectivity index (χ0n) is 15.4. The normalized spacial score (nSPS) is 11.8. The first-order valence-electron chi connectivity index (χ1n) is 8.59. The van der Waals surface area contributed by atoms with Crippen LogP contribution in [0.25, 0.3) is 11.3 Å². The molecular weight excluding hydrogens is 402 g/mol. The molecule has 3 heterocycles. The van der Waals surface area contributed by atoms with E-state index in [2.05, 4.69) is 20.4 Å². The third kappa shape index (κ3) is 3.68. The molecule has 10 heteroatoms. The number of carbonyl (C=O) groups excluding carboxylic acids is 1. The molecule has 148 valence electrons. The van der Waals surface area contributed by atoms with E-state index in [4.69, 9.17) is 11.6 Å². The van der Waals surface area contributed by atoms with Gasteiger partial charge in [-0.1, -0.05) is 0 Å². The van der Waals surface area contributed by atoms with Gasteiger partial charge >= 0.3 is 5.38 Å². The molecule has 7 nitrogen and oxygen atoms in total. The van der Waals surface area contributed by atoms with E-state index >= 15 is 0 Å². The van der Waals surface area contributed by atoms with Gasteiger partial charge in [0.15, 0.2) is 11.3 Å². The summed E-state index contributed by atoms with van der Waals surface area (Å²) in [5.74, 6) is 0.282. The number of rotatable bonds is 4. The predicted molar refractivity (Wildman–Crippen MR) is 104 cm³/mol. The van der Waals surface area contributed by atoms with Gasteiger partial charge in [-0.3, -0.25) is 4.79 Å². The van der Waals surface area contributed by atoms with E-state index in [9.17, 15) is 13.6 Å². The highest BCUT2D eigenvalue weighted by Crippen LogP contribution is 2.32. The van der Waals surface area contributed by atoms with Gasteiger partial charge in [0.2, 0.25) is 0 Å². The third-order valence-corrected chi connectivity index (χ3v) is 4.50. The number of amides is 1. The lowest BCUT2D eigenvalue weighted by molar-refractivity contribution is 0.0868. The van der Waals surface area contributed by atoms with Crippen LogP contribution in [0.2, 0.25) is 0 Å². The maximum absolute atomic E-state index is 13.7. The molecule has 0 aliphatic rings. The van der Waals surface area contributed by atoms with Crippen molar-refractivity contribution in [1.29, 1.82) is 0 Å². The molecule has 4 aromatic rings. The number of hydrogen-bond acceptors (Lipinski definition) is 4. The van der Waals surface area contributed by atoms with Gasteiger partial charge in [0.05, 0.1) is 0 Å². The first-order chi connectivity index (χ1) is 13.7. The minimum Gasteiger partial charge on any atom is -0.321 e. The quantitative estimate of drug-likeness (QED) is 0.509. The molecule has 1 N–H and O–H groups in total. The van der Waals surface area contributed by atoms with Gasteiger partial charge in [-0.25, -0.2) is 14.5 Å². The van der Waals surface area contributed by atoms with Crippen LogP contribution in [0.1, 0.15) is 27.7 Å². The summed E-state index contributed by atoms with van der Waals surface area (Å²) in [4.78, 5) is 20.8. The number of anilines is 1. The second-order valence-electron chi connectivity index (χ2n) is 6.43. The van der Waals surface area contributed by atoms with Crippen molar-refractivity contribution in [3.05, 3.63) is 71.7 Å². The average Bonchev–Trinajstić information content (AvgIpc) is 3.27. The van der Waals surface area contributed by atoms with Crippen LogP contribution < -0.4 is 5.32 Å². The molecule has 0 spiro atoms. The van der Waals surface area contributed by atoms with Gasteiger partial charge in [-0.05, 0) is 55.8 Å². The highest BCUT2D eigenvalue weighted by atomic mass is 35.5. The molecule has 0 atom stereocenters. The maximum atomic E-state index is 13.7. The van der Waals surface area contributed by atoms with Crippen molar-refractivity contribution in [2.75, 3.05) is 5.32 Å². The molecule has 0 aliphatic heterocycles. The van der Waals surface area contributed by atoms with Gasteiger partial charge in [-0.15, -0.1) is 0 Å². The van der Waals surface area contributed by atoms with Gasteiger partial charge in [0, 0.05) is 35.5 Å². The molecule has 3 aromatic heterocycles. The number of hydrogen-bond donors (Lipinski definition) is 1. The standard InChI is InChI=1S/C19H15ClF2N6O/c1-11-9-16(19(20,21)22)28-17(24-11)10-15(26-28)18(29)25-13-3-5-14(6-4-13)27-8-7-23-12(27)2/h3-10H,1-2H3,(H,25,29). The van der Waals surface area contributed by atoms with Crippen LogP contribution in [0.4, 0.5) is 14.5 Å². The van der Waals surface area contributed by atoms with Crippen molar-refractivity contribution < 1.29 is 13.6 Å². The molecule has 0 bridgehead atoms. The summed E-state index contributed by atoms with van der Waals surface area (Å²) in [5.41, 5.74) is 1.25. The molecule has 0 aliphatic carbocycles. The van der Waals surface area contributed by atoms with Crippen LogP contribution in [0.5, 0.6) is 0 Å². The fraction of sp³-hybridized carbons (Fsp3) is 0.158. The summed E-state index contributed by atoms with van der Waals surface area (Å²) in [7, 11) is 0. The molecule has 1 amide bonds. The number of imidazole rings is 1. The Morgan fingerprint density at radius 3 is 2.52 bits per heavy atom. The van der Waals surface area contributed by atoms with Crippen molar-refractivity contribution in [3.8, 4) is 5.69 Å². The summed E-state index contributed by atoms with van der Waals surface area (Å²) in [6.45, 7) is 3.44. The summed E-state index contributed by atoms with van der Waals surface area (Å²) in [5, 5.41) is 3.00. The number of nitrogens with one attached hydrogen (secondary N) is 1. The minimum absolute atomic E-state index is 0.0557. The summed E-state index contributed by atoms with van der Waals surface area (Å²) < 4.78 is 30.1. The van der Waals surface area contributed by atoms with Gasteiger partial charge < -0.3 is 9.88 Å². The van der Waals surface area contributed by atoms with Crippen LogP contribution in [0.3, 0.4) is 0 Å². The molecule has 0 saturated heterocycles. The van der Waals surface area contributed by atoms with Crippen LogP contribution in [-0.4, -0.2) is 30.1 Å². The van der Waals surface area contributed by atoms with Gasteiger partial charge in [-0.2, -0.15) is 13.9 Å². The number of halogens is 3. The Morgan fingerprint density at radius 1 is 1.17 bits per heavy atom. The molecule has 29 heavy (non-hydrogen) atoms. The van der Waals surface area contributed by atoms with Gasteiger partial charge in [0.1, 0.15) is 11.5 Å². The largest absolute Gasteiger partial charge is 0.364 e. The Hall–Kier alpha value is -3.33. The number of nitrogens with zero attached hydrogens (tertiary/aromatic N) is 5. The Kier molecular flexibility index (Phi) is 4.54. The van der Waals surface area contributed by atoms with Gasteiger partial charge in [0.25, 0.3) is 5.91 Å². The van der Waals surface area contributed by atoms with Crippen molar-refractivity contribution in [1.82, 2.24) is 24.1 Å². The SMILES string of the molecule is Cc1cc(C(F)(F)Cl)n2nc(C(=O)Nc3ccc(-n4ccnc4C)cc3)cc2n1. The van der Waals surface area contributed by atoms with E-state index < -0.39 is 17.0 Å². The zero-order valence-corrected chi connectivity index (χ0v) is 16.2. The molecule has 4 rings (SSSR count). The van der Waals surface area contributed by atoms with E-state index in [1.807, 2.05) is 29.8 Å². The van der Waals surface area contributed by atoms with Crippen molar-refractivity contribution in [2.45, 2.75) is 19.2 Å². The van der Waals surface area contributed by atoms with Crippen LogP contribution >= 0.6 is 11.6 Å². The Balaban J connectivity index is 1.60. The smallest absolute Gasteiger partial charge is 0.321 e. The maximum Gasteiger partial charge on any atom is 0.364 e. The van der Waals surface area contributed by atoms with E-state index in [0.717, 1.165) is 22.1 Å². The summed E-state index contributed by atoms with van der Waals surface area (Å²) in [6, 6.07) is 9.56. The van der Waals surface area contributed by atoms with Crippen molar-refractivity contribution in [3.63, 3.8) is 0 Å². The molecule has 0 fully saturated rings. The second kappa shape index (κ2) is 6.93. The molecular formula is C19H15ClF2N6O. The van der Waals surface area contributed by atoms with E-state index in [0.29, 0.717) is 11.4 Å². The minimum atomic E-state index is -3.65. The fourth-order valence-electron chi connectivity index (χ4n) is 2.96. The van der Waals surface area contributed by atoms with Crippen molar-refractivity contribution in [2.24, 2.45) is 0 Å². The summed E-state index contributed by atoms with van der Waals surface area (Å²) >= 11 is 5.17. The van der Waals surface area contributed by atoms with Crippen LogP contribution in [0.15, 0.2) is 48.8 Å². The number of fused-ring (bicyclic) bond motifs is 1. The summed E-state index contributed by atoms with van der Waals surface area (Å²) in [6.07, 6.45) is 3.53. The number of alkyl halides is 3. The molecule has 1 aromatic carbocycles. The molecule has 0 saturated carbocycles. The predicted octanol–water partition coefficient (Wildman–Crippen LogP) is 4.07. The number of benzene rings is 1. The fourth-order valence-corrected chi connectivity index (χ4v) is 3.10. The third-order valence-electron chi connectivity index (χ3n) is 4.31. The first kappa shape index (κ1) is 19.0.